The van der Waals surface area contributed by atoms with Gasteiger partial charge in [0.2, 0.25) is 12.5 Å². The zero-order valence-corrected chi connectivity index (χ0v) is 19.2. The Morgan fingerprint density at radius 1 is 0.875 bits per heavy atom. The molecule has 1 fully saturated rings. The van der Waals surface area contributed by atoms with Crippen LogP contribution in [0.25, 0.3) is 0 Å². The summed E-state index contributed by atoms with van der Waals surface area (Å²) in [6, 6.07) is 8.19. The Morgan fingerprint density at radius 2 is 1.53 bits per heavy atom. The molecule has 7 heteroatoms. The zero-order valence-electron chi connectivity index (χ0n) is 19.2. The van der Waals surface area contributed by atoms with Gasteiger partial charge in [0.25, 0.3) is 0 Å². The average Bonchev–Trinajstić information content (AvgIpc) is 3.52. The van der Waals surface area contributed by atoms with E-state index in [0.29, 0.717) is 17.2 Å². The van der Waals surface area contributed by atoms with E-state index in [1.807, 2.05) is 6.07 Å². The van der Waals surface area contributed by atoms with Crippen molar-refractivity contribution in [2.45, 2.75) is 38.3 Å². The minimum Gasteiger partial charge on any atom is -0.493 e. The maximum Gasteiger partial charge on any atom is 0.231 e. The van der Waals surface area contributed by atoms with Crippen molar-refractivity contribution in [3.63, 3.8) is 0 Å². The highest BCUT2D eigenvalue weighted by Crippen LogP contribution is 2.52. The topological polar surface area (TPSA) is 58.6 Å². The lowest BCUT2D eigenvalue weighted by atomic mass is 9.75. The second-order valence-corrected chi connectivity index (χ2v) is 8.50. The molecule has 7 nitrogen and oxygen atoms in total. The molecular weight excluding hydrogens is 410 g/mol. The summed E-state index contributed by atoms with van der Waals surface area (Å²) in [4.78, 5) is 2.48. The average molecular weight is 442 g/mol. The molecule has 0 bridgehead atoms. The molecule has 172 valence electrons. The van der Waals surface area contributed by atoms with Crippen molar-refractivity contribution in [2.24, 2.45) is 5.92 Å². The fourth-order valence-corrected chi connectivity index (χ4v) is 5.38. The van der Waals surface area contributed by atoms with Crippen LogP contribution in [-0.2, 0) is 0 Å². The van der Waals surface area contributed by atoms with Gasteiger partial charge in [-0.2, -0.15) is 0 Å². The van der Waals surface area contributed by atoms with E-state index >= 15 is 0 Å². The summed E-state index contributed by atoms with van der Waals surface area (Å²) in [7, 11) is 4.94. The van der Waals surface area contributed by atoms with Crippen LogP contribution in [0.15, 0.2) is 24.3 Å². The van der Waals surface area contributed by atoms with E-state index in [9.17, 15) is 0 Å². The molecular formula is C25H31NO6. The predicted octanol–water partition coefficient (Wildman–Crippen LogP) is 4.41. The lowest BCUT2D eigenvalue weighted by Gasteiger charge is -2.43. The molecule has 0 N–H and O–H groups in total. The first-order valence-corrected chi connectivity index (χ1v) is 11.3. The monoisotopic (exact) mass is 441 g/mol. The van der Waals surface area contributed by atoms with Gasteiger partial charge in [0.1, 0.15) is 5.75 Å². The summed E-state index contributed by atoms with van der Waals surface area (Å²) in [6.07, 6.45) is 3.38. The van der Waals surface area contributed by atoms with E-state index in [-0.39, 0.29) is 24.9 Å². The van der Waals surface area contributed by atoms with Crippen molar-refractivity contribution >= 4 is 0 Å². The maximum absolute atomic E-state index is 6.66. The predicted molar refractivity (Wildman–Crippen MR) is 120 cm³/mol. The first-order valence-electron chi connectivity index (χ1n) is 11.3. The summed E-state index contributed by atoms with van der Waals surface area (Å²) < 4.78 is 34.9. The molecule has 2 aromatic carbocycles. The van der Waals surface area contributed by atoms with E-state index in [0.717, 1.165) is 47.9 Å². The molecule has 1 saturated heterocycles. The summed E-state index contributed by atoms with van der Waals surface area (Å²) in [5, 5.41) is 0. The number of rotatable bonds is 6. The van der Waals surface area contributed by atoms with Gasteiger partial charge in [-0.1, -0.05) is 6.92 Å². The zero-order chi connectivity index (χ0) is 22.2. The molecule has 2 aromatic rings. The quantitative estimate of drug-likeness (QED) is 0.658. The van der Waals surface area contributed by atoms with Crippen LogP contribution in [0.4, 0.5) is 0 Å². The van der Waals surface area contributed by atoms with Gasteiger partial charge >= 0.3 is 0 Å². The Labute approximate surface area is 189 Å². The molecule has 3 unspecified atom stereocenters. The van der Waals surface area contributed by atoms with Crippen LogP contribution in [0.1, 0.15) is 43.2 Å². The second-order valence-electron chi connectivity index (χ2n) is 8.50. The summed E-state index contributed by atoms with van der Waals surface area (Å²) >= 11 is 0. The minimum atomic E-state index is -0.000497. The maximum atomic E-state index is 6.66. The molecule has 0 spiro atoms. The highest BCUT2D eigenvalue weighted by atomic mass is 16.7. The fraction of sp³-hybridized carbons (Fsp3) is 0.520. The van der Waals surface area contributed by atoms with Gasteiger partial charge in [-0.05, 0) is 43.0 Å². The van der Waals surface area contributed by atoms with Crippen molar-refractivity contribution < 1.29 is 28.4 Å². The van der Waals surface area contributed by atoms with Crippen molar-refractivity contribution in [3.05, 3.63) is 35.4 Å². The van der Waals surface area contributed by atoms with Gasteiger partial charge in [0, 0.05) is 36.6 Å². The molecule has 3 heterocycles. The first-order chi connectivity index (χ1) is 15.7. The van der Waals surface area contributed by atoms with Gasteiger partial charge < -0.3 is 28.4 Å². The van der Waals surface area contributed by atoms with E-state index in [1.54, 1.807) is 21.3 Å². The fourth-order valence-electron chi connectivity index (χ4n) is 5.38. The lowest BCUT2D eigenvalue weighted by Crippen LogP contribution is -2.47. The van der Waals surface area contributed by atoms with Crippen LogP contribution in [-0.4, -0.2) is 52.3 Å². The largest absolute Gasteiger partial charge is 0.493 e. The molecule has 5 rings (SSSR count). The minimum absolute atomic E-state index is 0.000497. The number of fused-ring (bicyclic) bond motifs is 2. The Kier molecular flexibility index (Phi) is 5.67. The number of nitrogens with zero attached hydrogens (tertiary/aromatic N) is 1. The normalized spacial score (nSPS) is 24.1. The number of likely N-dealkylation sites (tertiary alicyclic amines) is 1. The van der Waals surface area contributed by atoms with E-state index in [1.165, 1.54) is 12.8 Å². The lowest BCUT2D eigenvalue weighted by molar-refractivity contribution is -0.0257. The smallest absolute Gasteiger partial charge is 0.231 e. The Balaban J connectivity index is 1.68. The van der Waals surface area contributed by atoms with Crippen LogP contribution in [0.3, 0.4) is 0 Å². The van der Waals surface area contributed by atoms with Crippen LogP contribution in [0.2, 0.25) is 0 Å². The third kappa shape index (κ3) is 3.39. The van der Waals surface area contributed by atoms with Crippen molar-refractivity contribution in [1.29, 1.82) is 0 Å². The first kappa shape index (κ1) is 21.1. The molecule has 0 aliphatic carbocycles. The number of methoxy groups -OCH3 is 3. The molecule has 0 aromatic heterocycles. The van der Waals surface area contributed by atoms with E-state index in [4.69, 9.17) is 28.4 Å². The highest BCUT2D eigenvalue weighted by molar-refractivity contribution is 5.60. The molecule has 0 amide bonds. The van der Waals surface area contributed by atoms with Gasteiger partial charge in [0.15, 0.2) is 29.2 Å². The summed E-state index contributed by atoms with van der Waals surface area (Å²) in [5.41, 5.74) is 2.21. The van der Waals surface area contributed by atoms with Crippen LogP contribution >= 0.6 is 0 Å². The van der Waals surface area contributed by atoms with Crippen molar-refractivity contribution in [3.8, 4) is 34.5 Å². The molecule has 3 aliphatic rings. The van der Waals surface area contributed by atoms with E-state index in [2.05, 4.69) is 30.0 Å². The molecule has 3 aliphatic heterocycles. The molecule has 3 atom stereocenters. The Bertz CT molecular complexity index is 962. The number of benzene rings is 2. The van der Waals surface area contributed by atoms with E-state index < -0.39 is 0 Å². The summed E-state index contributed by atoms with van der Waals surface area (Å²) in [6.45, 7) is 4.59. The second kappa shape index (κ2) is 8.62. The van der Waals surface area contributed by atoms with Gasteiger partial charge in [-0.15, -0.1) is 0 Å². The van der Waals surface area contributed by atoms with Crippen LogP contribution in [0.5, 0.6) is 34.5 Å². The Morgan fingerprint density at radius 3 is 2.12 bits per heavy atom. The number of hydrogen-bond donors (Lipinski definition) is 0. The number of hydrogen-bond acceptors (Lipinski definition) is 7. The van der Waals surface area contributed by atoms with Crippen LogP contribution < -0.4 is 28.4 Å². The molecule has 0 saturated carbocycles. The molecule has 32 heavy (non-hydrogen) atoms. The Hall–Kier alpha value is -2.80. The van der Waals surface area contributed by atoms with Gasteiger partial charge in [-0.25, -0.2) is 0 Å². The van der Waals surface area contributed by atoms with Crippen molar-refractivity contribution in [2.75, 3.05) is 41.2 Å². The summed E-state index contributed by atoms with van der Waals surface area (Å²) in [5.74, 6) is 4.60. The SMILES string of the molecule is CCC1C(c2cc(OC)c(OC)c(OC)c2)c2cc3c(cc2OC1N1CCCC1)OCO3. The number of ether oxygens (including phenoxy) is 6. The van der Waals surface area contributed by atoms with Gasteiger partial charge in [0.05, 0.1) is 21.3 Å². The highest BCUT2D eigenvalue weighted by Gasteiger charge is 2.43. The third-order valence-electron chi connectivity index (χ3n) is 6.90. The van der Waals surface area contributed by atoms with Crippen LogP contribution in [0, 0.1) is 5.92 Å². The molecule has 0 radical (unpaired) electrons. The van der Waals surface area contributed by atoms with Crippen molar-refractivity contribution in [1.82, 2.24) is 4.90 Å². The third-order valence-corrected chi connectivity index (χ3v) is 6.90. The standard InChI is InChI=1S/C25H31NO6/c1-5-16-23(15-10-21(27-2)24(29-4)22(11-15)28-3)17-12-19-20(31-14-30-19)13-18(17)32-25(16)26-8-6-7-9-26/h10-13,16,23,25H,5-9,14H2,1-4H3. The van der Waals surface area contributed by atoms with Gasteiger partial charge in [-0.3, -0.25) is 4.90 Å².